The van der Waals surface area contributed by atoms with Crippen molar-refractivity contribution in [3.05, 3.63) is 47.5 Å². The molecule has 0 atom stereocenters. The lowest BCUT2D eigenvalue weighted by molar-refractivity contribution is 0.398. The standard InChI is InChI=1S/C20H26O2/c1-19(2,3)15-12-14(13-10-8-7-9-11-13)17(21)16(18(15)22)20(4,5)6/h7-12,21-22H,1-6H3. The Hall–Kier alpha value is -1.96. The van der Waals surface area contributed by atoms with Crippen LogP contribution in [0.1, 0.15) is 52.7 Å². The third-order valence-corrected chi connectivity index (χ3v) is 3.92. The van der Waals surface area contributed by atoms with Gasteiger partial charge < -0.3 is 10.2 Å². The highest BCUT2D eigenvalue weighted by atomic mass is 16.3. The lowest BCUT2D eigenvalue weighted by atomic mass is 9.77. The van der Waals surface area contributed by atoms with E-state index in [1.807, 2.05) is 57.2 Å². The summed E-state index contributed by atoms with van der Waals surface area (Å²) in [7, 11) is 0. The summed E-state index contributed by atoms with van der Waals surface area (Å²) in [4.78, 5) is 0. The number of phenolic OH excluding ortho intramolecular Hbond substituents is 2. The van der Waals surface area contributed by atoms with Gasteiger partial charge in [-0.3, -0.25) is 0 Å². The van der Waals surface area contributed by atoms with E-state index in [2.05, 4.69) is 20.8 Å². The van der Waals surface area contributed by atoms with E-state index in [4.69, 9.17) is 0 Å². The molecular formula is C20H26O2. The molecule has 0 fully saturated rings. The van der Waals surface area contributed by atoms with E-state index in [1.165, 1.54) is 0 Å². The van der Waals surface area contributed by atoms with Gasteiger partial charge in [-0.2, -0.15) is 0 Å². The number of phenols is 2. The van der Waals surface area contributed by atoms with Gasteiger partial charge in [-0.1, -0.05) is 71.9 Å². The third-order valence-electron chi connectivity index (χ3n) is 3.92. The van der Waals surface area contributed by atoms with Crippen molar-refractivity contribution in [1.29, 1.82) is 0 Å². The summed E-state index contributed by atoms with van der Waals surface area (Å²) in [5.74, 6) is 0.376. The van der Waals surface area contributed by atoms with Crippen molar-refractivity contribution in [2.24, 2.45) is 0 Å². The number of aromatic hydroxyl groups is 2. The van der Waals surface area contributed by atoms with Crippen LogP contribution in [0.4, 0.5) is 0 Å². The first-order chi connectivity index (χ1) is 10.0. The van der Waals surface area contributed by atoms with Crippen LogP contribution in [0.25, 0.3) is 11.1 Å². The van der Waals surface area contributed by atoms with Crippen LogP contribution < -0.4 is 0 Å². The van der Waals surface area contributed by atoms with Crippen LogP contribution in [0.15, 0.2) is 36.4 Å². The molecule has 2 aromatic rings. The average molecular weight is 298 g/mol. The quantitative estimate of drug-likeness (QED) is 0.744. The Kier molecular flexibility index (Phi) is 3.99. The highest BCUT2D eigenvalue weighted by Gasteiger charge is 2.30. The summed E-state index contributed by atoms with van der Waals surface area (Å²) < 4.78 is 0. The van der Waals surface area contributed by atoms with Gasteiger partial charge in [0, 0.05) is 16.7 Å². The molecule has 118 valence electrons. The van der Waals surface area contributed by atoms with Crippen LogP contribution in [0.2, 0.25) is 0 Å². The van der Waals surface area contributed by atoms with Crippen molar-refractivity contribution in [3.63, 3.8) is 0 Å². The molecule has 0 bridgehead atoms. The zero-order valence-electron chi connectivity index (χ0n) is 14.4. The fraction of sp³-hybridized carbons (Fsp3) is 0.400. The van der Waals surface area contributed by atoms with Gasteiger partial charge in [-0.25, -0.2) is 0 Å². The Balaban J connectivity index is 2.87. The third kappa shape index (κ3) is 2.96. The predicted molar refractivity (Wildman–Crippen MR) is 92.6 cm³/mol. The average Bonchev–Trinajstić information content (AvgIpc) is 2.36. The second-order valence-corrected chi connectivity index (χ2v) is 7.91. The maximum Gasteiger partial charge on any atom is 0.130 e. The number of hydrogen-bond donors (Lipinski definition) is 2. The molecule has 0 aliphatic heterocycles. The van der Waals surface area contributed by atoms with Crippen molar-refractivity contribution in [3.8, 4) is 22.6 Å². The van der Waals surface area contributed by atoms with Crippen molar-refractivity contribution in [2.45, 2.75) is 52.4 Å². The Morgan fingerprint density at radius 1 is 0.727 bits per heavy atom. The molecule has 2 N–H and O–H groups in total. The Labute approximate surface area is 133 Å². The fourth-order valence-electron chi connectivity index (χ4n) is 2.78. The lowest BCUT2D eigenvalue weighted by Gasteiger charge is -2.29. The lowest BCUT2D eigenvalue weighted by Crippen LogP contribution is -2.17. The molecule has 0 aromatic heterocycles. The molecule has 22 heavy (non-hydrogen) atoms. The van der Waals surface area contributed by atoms with Crippen LogP contribution in [0, 0.1) is 0 Å². The van der Waals surface area contributed by atoms with Gasteiger partial charge in [-0.05, 0) is 22.5 Å². The second-order valence-electron chi connectivity index (χ2n) is 7.91. The van der Waals surface area contributed by atoms with Gasteiger partial charge in [0.25, 0.3) is 0 Å². The second kappa shape index (κ2) is 5.35. The van der Waals surface area contributed by atoms with Gasteiger partial charge in [-0.15, -0.1) is 0 Å². The van der Waals surface area contributed by atoms with Gasteiger partial charge in [0.15, 0.2) is 0 Å². The van der Waals surface area contributed by atoms with Gasteiger partial charge in [0.1, 0.15) is 11.5 Å². The zero-order chi connectivity index (χ0) is 16.7. The van der Waals surface area contributed by atoms with Gasteiger partial charge >= 0.3 is 0 Å². The summed E-state index contributed by atoms with van der Waals surface area (Å²) >= 11 is 0. The molecule has 0 spiro atoms. The molecule has 2 heteroatoms. The fourth-order valence-corrected chi connectivity index (χ4v) is 2.78. The Morgan fingerprint density at radius 3 is 1.73 bits per heavy atom. The van der Waals surface area contributed by atoms with E-state index in [9.17, 15) is 10.2 Å². The number of rotatable bonds is 1. The summed E-state index contributed by atoms with van der Waals surface area (Å²) in [5, 5.41) is 21.5. The van der Waals surface area contributed by atoms with Crippen molar-refractivity contribution < 1.29 is 10.2 Å². The highest BCUT2D eigenvalue weighted by Crippen LogP contribution is 2.48. The summed E-state index contributed by atoms with van der Waals surface area (Å²) in [6, 6.07) is 11.7. The molecular weight excluding hydrogens is 272 g/mol. The van der Waals surface area contributed by atoms with E-state index >= 15 is 0 Å². The molecule has 0 radical (unpaired) electrons. The minimum absolute atomic E-state index is 0.171. The molecule has 0 amide bonds. The maximum absolute atomic E-state index is 10.8. The minimum Gasteiger partial charge on any atom is -0.507 e. The number of benzene rings is 2. The molecule has 0 heterocycles. The monoisotopic (exact) mass is 298 g/mol. The molecule has 2 aromatic carbocycles. The topological polar surface area (TPSA) is 40.5 Å². The first-order valence-corrected chi connectivity index (χ1v) is 7.69. The number of hydrogen-bond acceptors (Lipinski definition) is 2. The molecule has 0 saturated carbocycles. The molecule has 0 saturated heterocycles. The van der Waals surface area contributed by atoms with Crippen molar-refractivity contribution >= 4 is 0 Å². The Bertz CT molecular complexity index is 672. The van der Waals surface area contributed by atoms with Crippen LogP contribution >= 0.6 is 0 Å². The van der Waals surface area contributed by atoms with Crippen LogP contribution in [-0.4, -0.2) is 10.2 Å². The van der Waals surface area contributed by atoms with E-state index in [0.717, 1.165) is 16.7 Å². The summed E-state index contributed by atoms with van der Waals surface area (Å²) in [6.07, 6.45) is 0. The summed E-state index contributed by atoms with van der Waals surface area (Å²) in [5.41, 5.74) is 2.64. The van der Waals surface area contributed by atoms with Crippen molar-refractivity contribution in [2.75, 3.05) is 0 Å². The predicted octanol–water partition coefficient (Wildman–Crippen LogP) is 5.36. The van der Waals surface area contributed by atoms with E-state index in [0.29, 0.717) is 5.56 Å². The molecule has 0 aliphatic carbocycles. The van der Waals surface area contributed by atoms with E-state index in [-0.39, 0.29) is 22.3 Å². The minimum atomic E-state index is -0.348. The maximum atomic E-state index is 10.8. The van der Waals surface area contributed by atoms with Gasteiger partial charge in [0.2, 0.25) is 0 Å². The van der Waals surface area contributed by atoms with Crippen LogP contribution in [-0.2, 0) is 10.8 Å². The molecule has 2 rings (SSSR count). The molecule has 0 unspecified atom stereocenters. The van der Waals surface area contributed by atoms with E-state index in [1.54, 1.807) is 0 Å². The first kappa shape index (κ1) is 16.4. The first-order valence-electron chi connectivity index (χ1n) is 7.69. The molecule has 2 nitrogen and oxygen atoms in total. The molecule has 0 aliphatic rings. The Morgan fingerprint density at radius 2 is 1.27 bits per heavy atom. The van der Waals surface area contributed by atoms with E-state index < -0.39 is 0 Å². The normalized spacial score (nSPS) is 12.5. The smallest absolute Gasteiger partial charge is 0.130 e. The van der Waals surface area contributed by atoms with Gasteiger partial charge in [0.05, 0.1) is 0 Å². The van der Waals surface area contributed by atoms with Crippen LogP contribution in [0.5, 0.6) is 11.5 Å². The SMILES string of the molecule is CC(C)(C)c1cc(-c2ccccc2)c(O)c(C(C)(C)C)c1O. The highest BCUT2D eigenvalue weighted by molar-refractivity contribution is 5.76. The summed E-state index contributed by atoms with van der Waals surface area (Å²) in [6.45, 7) is 12.2. The zero-order valence-corrected chi connectivity index (χ0v) is 14.4. The largest absolute Gasteiger partial charge is 0.507 e. The van der Waals surface area contributed by atoms with Crippen molar-refractivity contribution in [1.82, 2.24) is 0 Å². The van der Waals surface area contributed by atoms with Crippen LogP contribution in [0.3, 0.4) is 0 Å².